The summed E-state index contributed by atoms with van der Waals surface area (Å²) in [4.78, 5) is 0. The predicted octanol–water partition coefficient (Wildman–Crippen LogP) is 3.39. The summed E-state index contributed by atoms with van der Waals surface area (Å²) in [5.41, 5.74) is 0.113. The lowest BCUT2D eigenvalue weighted by molar-refractivity contribution is -0.110. The van der Waals surface area contributed by atoms with Crippen LogP contribution >= 0.6 is 0 Å². The number of ether oxygens (including phenoxy) is 2. The van der Waals surface area contributed by atoms with E-state index in [1.165, 1.54) is 19.3 Å². The first kappa shape index (κ1) is 15.3. The lowest BCUT2D eigenvalue weighted by atomic mass is 9.77. The van der Waals surface area contributed by atoms with E-state index in [-0.39, 0.29) is 5.60 Å². The maximum absolute atomic E-state index is 6.10. The van der Waals surface area contributed by atoms with Crippen molar-refractivity contribution in [2.24, 2.45) is 0 Å². The van der Waals surface area contributed by atoms with Crippen LogP contribution in [0, 0.1) is 0 Å². The minimum Gasteiger partial charge on any atom is -0.491 e. The molecule has 0 saturated heterocycles. The summed E-state index contributed by atoms with van der Waals surface area (Å²) in [5.74, 6) is 0.917. The van der Waals surface area contributed by atoms with Crippen LogP contribution in [0.3, 0.4) is 0 Å². The topological polar surface area (TPSA) is 30.5 Å². The third-order valence-electron chi connectivity index (χ3n) is 3.90. The van der Waals surface area contributed by atoms with Crippen LogP contribution in [0.5, 0.6) is 5.75 Å². The molecule has 1 aliphatic carbocycles. The molecule has 2 rings (SSSR count). The summed E-state index contributed by atoms with van der Waals surface area (Å²) >= 11 is 0. The fraction of sp³-hybridized carbons (Fsp3) is 0.647. The fourth-order valence-corrected chi connectivity index (χ4v) is 2.56. The number of rotatable bonds is 9. The zero-order chi connectivity index (χ0) is 14.3. The molecule has 0 spiro atoms. The van der Waals surface area contributed by atoms with Crippen LogP contribution in [-0.4, -0.2) is 31.4 Å². The van der Waals surface area contributed by atoms with E-state index >= 15 is 0 Å². The van der Waals surface area contributed by atoms with Crippen molar-refractivity contribution in [1.29, 1.82) is 0 Å². The molecule has 1 aromatic rings. The van der Waals surface area contributed by atoms with Crippen molar-refractivity contribution in [3.8, 4) is 5.75 Å². The fourth-order valence-electron chi connectivity index (χ4n) is 2.56. The maximum Gasteiger partial charge on any atom is 0.119 e. The zero-order valence-corrected chi connectivity index (χ0v) is 12.7. The van der Waals surface area contributed by atoms with Crippen molar-refractivity contribution in [2.75, 3.05) is 19.8 Å². The minimum absolute atomic E-state index is 0.113. The smallest absolute Gasteiger partial charge is 0.119 e. The molecule has 0 heterocycles. The average Bonchev–Trinajstić information content (AvgIpc) is 2.40. The molecule has 1 aromatic carbocycles. The molecule has 1 fully saturated rings. The van der Waals surface area contributed by atoms with Crippen molar-refractivity contribution in [1.82, 2.24) is 5.32 Å². The molecule has 1 aliphatic rings. The SMILES string of the molecule is CC(C)NCCC1(OCCOc2ccccc2)CCC1. The van der Waals surface area contributed by atoms with Crippen LogP contribution in [0.4, 0.5) is 0 Å². The molecule has 1 saturated carbocycles. The van der Waals surface area contributed by atoms with Gasteiger partial charge in [0.2, 0.25) is 0 Å². The van der Waals surface area contributed by atoms with Gasteiger partial charge in [0.1, 0.15) is 12.4 Å². The highest BCUT2D eigenvalue weighted by Crippen LogP contribution is 2.38. The Kier molecular flexibility index (Phi) is 5.86. The molecule has 0 amide bonds. The van der Waals surface area contributed by atoms with Gasteiger partial charge in [-0.2, -0.15) is 0 Å². The van der Waals surface area contributed by atoms with Gasteiger partial charge in [0.15, 0.2) is 0 Å². The van der Waals surface area contributed by atoms with Gasteiger partial charge >= 0.3 is 0 Å². The van der Waals surface area contributed by atoms with E-state index in [1.807, 2.05) is 30.3 Å². The van der Waals surface area contributed by atoms with Crippen LogP contribution in [-0.2, 0) is 4.74 Å². The second-order valence-electron chi connectivity index (χ2n) is 5.91. The number of para-hydroxylation sites is 1. The Hall–Kier alpha value is -1.06. The summed E-state index contributed by atoms with van der Waals surface area (Å²) in [5, 5.41) is 3.47. The van der Waals surface area contributed by atoms with Crippen molar-refractivity contribution in [2.45, 2.75) is 51.2 Å². The second kappa shape index (κ2) is 7.65. The first-order chi connectivity index (χ1) is 9.70. The van der Waals surface area contributed by atoms with Crippen LogP contribution in [0.2, 0.25) is 0 Å². The zero-order valence-electron chi connectivity index (χ0n) is 12.7. The van der Waals surface area contributed by atoms with Crippen LogP contribution < -0.4 is 10.1 Å². The lowest BCUT2D eigenvalue weighted by Gasteiger charge is -2.42. The maximum atomic E-state index is 6.10. The third-order valence-corrected chi connectivity index (χ3v) is 3.90. The molecule has 0 aliphatic heterocycles. The molecular formula is C17H27NO2. The number of benzene rings is 1. The van der Waals surface area contributed by atoms with Gasteiger partial charge < -0.3 is 14.8 Å². The summed E-state index contributed by atoms with van der Waals surface area (Å²) < 4.78 is 11.8. The molecule has 0 bridgehead atoms. The quantitative estimate of drug-likeness (QED) is 0.702. The molecule has 0 unspecified atom stereocenters. The summed E-state index contributed by atoms with van der Waals surface area (Å²) in [6.07, 6.45) is 4.79. The Balaban J connectivity index is 1.63. The Morgan fingerprint density at radius 3 is 2.50 bits per heavy atom. The van der Waals surface area contributed by atoms with Crippen LogP contribution in [0.15, 0.2) is 30.3 Å². The van der Waals surface area contributed by atoms with E-state index in [2.05, 4.69) is 19.2 Å². The van der Waals surface area contributed by atoms with E-state index in [0.29, 0.717) is 19.3 Å². The molecule has 112 valence electrons. The van der Waals surface area contributed by atoms with Crippen LogP contribution in [0.1, 0.15) is 39.5 Å². The Morgan fingerprint density at radius 1 is 1.15 bits per heavy atom. The largest absolute Gasteiger partial charge is 0.491 e. The Bertz CT molecular complexity index is 374. The summed E-state index contributed by atoms with van der Waals surface area (Å²) in [6, 6.07) is 10.5. The first-order valence-corrected chi connectivity index (χ1v) is 7.75. The normalized spacial score (nSPS) is 16.9. The van der Waals surface area contributed by atoms with Gasteiger partial charge in [0.25, 0.3) is 0 Å². The highest BCUT2D eigenvalue weighted by Gasteiger charge is 2.37. The molecule has 0 atom stereocenters. The van der Waals surface area contributed by atoms with Gasteiger partial charge in [-0.1, -0.05) is 32.0 Å². The molecule has 3 heteroatoms. The van der Waals surface area contributed by atoms with Gasteiger partial charge in [-0.25, -0.2) is 0 Å². The lowest BCUT2D eigenvalue weighted by Crippen LogP contribution is -2.44. The van der Waals surface area contributed by atoms with Gasteiger partial charge in [-0.15, -0.1) is 0 Å². The standard InChI is InChI=1S/C17H27NO2/c1-15(2)18-12-11-17(9-6-10-17)20-14-13-19-16-7-4-3-5-8-16/h3-5,7-8,15,18H,6,9-14H2,1-2H3. The highest BCUT2D eigenvalue weighted by atomic mass is 16.5. The monoisotopic (exact) mass is 277 g/mol. The number of hydrogen-bond acceptors (Lipinski definition) is 3. The molecular weight excluding hydrogens is 250 g/mol. The Labute approximate surface area is 122 Å². The molecule has 20 heavy (non-hydrogen) atoms. The average molecular weight is 277 g/mol. The number of hydrogen-bond donors (Lipinski definition) is 1. The van der Waals surface area contributed by atoms with E-state index in [9.17, 15) is 0 Å². The second-order valence-corrected chi connectivity index (χ2v) is 5.91. The summed E-state index contributed by atoms with van der Waals surface area (Å²) in [6.45, 7) is 6.71. The Morgan fingerprint density at radius 2 is 1.90 bits per heavy atom. The molecule has 0 radical (unpaired) electrons. The van der Waals surface area contributed by atoms with Gasteiger partial charge in [-0.3, -0.25) is 0 Å². The van der Waals surface area contributed by atoms with E-state index in [0.717, 1.165) is 18.7 Å². The van der Waals surface area contributed by atoms with Gasteiger partial charge in [-0.05, 0) is 44.4 Å². The highest BCUT2D eigenvalue weighted by molar-refractivity contribution is 5.20. The van der Waals surface area contributed by atoms with Crippen LogP contribution in [0.25, 0.3) is 0 Å². The minimum atomic E-state index is 0.113. The van der Waals surface area contributed by atoms with Crippen molar-refractivity contribution in [3.63, 3.8) is 0 Å². The van der Waals surface area contributed by atoms with Gasteiger partial charge in [0, 0.05) is 6.04 Å². The molecule has 1 N–H and O–H groups in total. The number of nitrogens with one attached hydrogen (secondary N) is 1. The van der Waals surface area contributed by atoms with E-state index in [1.54, 1.807) is 0 Å². The first-order valence-electron chi connectivity index (χ1n) is 7.75. The molecule has 3 nitrogen and oxygen atoms in total. The summed E-state index contributed by atoms with van der Waals surface area (Å²) in [7, 11) is 0. The predicted molar refractivity (Wildman–Crippen MR) is 82.2 cm³/mol. The third kappa shape index (κ3) is 4.80. The van der Waals surface area contributed by atoms with Crippen molar-refractivity contribution in [3.05, 3.63) is 30.3 Å². The van der Waals surface area contributed by atoms with E-state index in [4.69, 9.17) is 9.47 Å². The van der Waals surface area contributed by atoms with Gasteiger partial charge in [0.05, 0.1) is 12.2 Å². The van der Waals surface area contributed by atoms with Crippen molar-refractivity contribution >= 4 is 0 Å². The molecule has 0 aromatic heterocycles. The van der Waals surface area contributed by atoms with Crippen molar-refractivity contribution < 1.29 is 9.47 Å². The van der Waals surface area contributed by atoms with E-state index < -0.39 is 0 Å².